The number of hydrogen-bond donors (Lipinski definition) is 1. The molecule has 2 N–H and O–H groups in total. The summed E-state index contributed by atoms with van der Waals surface area (Å²) in [5.41, 5.74) is 7.49. The molecule has 0 atom stereocenters. The molecule has 0 spiro atoms. The second-order valence-electron chi connectivity index (χ2n) is 4.60. The van der Waals surface area contributed by atoms with E-state index in [0.29, 0.717) is 31.1 Å². The van der Waals surface area contributed by atoms with E-state index >= 15 is 0 Å². The van der Waals surface area contributed by atoms with Crippen molar-refractivity contribution in [3.05, 3.63) is 18.2 Å². The maximum atomic E-state index is 11.6. The Labute approximate surface area is 119 Å². The highest BCUT2D eigenvalue weighted by atomic mass is 16.6. The fraction of sp³-hybridized carbons (Fsp3) is 0.500. The van der Waals surface area contributed by atoms with Crippen LogP contribution in [0.3, 0.4) is 0 Å². The van der Waals surface area contributed by atoms with E-state index in [9.17, 15) is 4.79 Å². The third-order valence-corrected chi connectivity index (χ3v) is 3.39. The van der Waals surface area contributed by atoms with Crippen LogP contribution >= 0.6 is 0 Å². The summed E-state index contributed by atoms with van der Waals surface area (Å²) in [6.07, 6.45) is -0.234. The van der Waals surface area contributed by atoms with Crippen LogP contribution in [-0.2, 0) is 4.74 Å². The fourth-order valence-corrected chi connectivity index (χ4v) is 2.26. The minimum Gasteiger partial charge on any atom is -0.495 e. The molecule has 1 saturated heterocycles. The normalized spacial score (nSPS) is 15.1. The zero-order valence-corrected chi connectivity index (χ0v) is 12.0. The quantitative estimate of drug-likeness (QED) is 0.850. The van der Waals surface area contributed by atoms with E-state index in [0.717, 1.165) is 18.8 Å². The lowest BCUT2D eigenvalue weighted by Gasteiger charge is -2.35. The zero-order valence-electron chi connectivity index (χ0n) is 12.0. The lowest BCUT2D eigenvalue weighted by Crippen LogP contribution is -2.49. The monoisotopic (exact) mass is 279 g/mol. The molecule has 0 aliphatic carbocycles. The number of carbonyl (C=O) groups is 1. The van der Waals surface area contributed by atoms with E-state index in [1.165, 1.54) is 0 Å². The predicted octanol–water partition coefficient (Wildman–Crippen LogP) is 1.56. The van der Waals surface area contributed by atoms with Crippen LogP contribution in [-0.4, -0.2) is 50.9 Å². The van der Waals surface area contributed by atoms with E-state index in [-0.39, 0.29) is 6.09 Å². The summed E-state index contributed by atoms with van der Waals surface area (Å²) in [6.45, 7) is 5.08. The largest absolute Gasteiger partial charge is 0.495 e. The van der Waals surface area contributed by atoms with Crippen molar-refractivity contribution >= 4 is 17.5 Å². The summed E-state index contributed by atoms with van der Waals surface area (Å²) in [7, 11) is 1.61. The van der Waals surface area contributed by atoms with E-state index in [4.69, 9.17) is 15.2 Å². The predicted molar refractivity (Wildman–Crippen MR) is 78.2 cm³/mol. The molecule has 20 heavy (non-hydrogen) atoms. The van der Waals surface area contributed by atoms with Crippen molar-refractivity contribution in [2.45, 2.75) is 6.92 Å². The second kappa shape index (κ2) is 6.36. The van der Waals surface area contributed by atoms with Crippen molar-refractivity contribution < 1.29 is 14.3 Å². The van der Waals surface area contributed by atoms with Gasteiger partial charge < -0.3 is 25.0 Å². The number of nitrogen functional groups attached to an aromatic ring is 1. The molecule has 0 saturated carbocycles. The van der Waals surface area contributed by atoms with Crippen LogP contribution in [0.2, 0.25) is 0 Å². The van der Waals surface area contributed by atoms with Crippen LogP contribution in [0, 0.1) is 0 Å². The highest BCUT2D eigenvalue weighted by Crippen LogP contribution is 2.28. The van der Waals surface area contributed by atoms with E-state index in [2.05, 4.69) is 4.90 Å². The first-order valence-electron chi connectivity index (χ1n) is 6.76. The average molecular weight is 279 g/mol. The molecule has 6 nitrogen and oxygen atoms in total. The number of piperazine rings is 1. The Morgan fingerprint density at radius 1 is 1.30 bits per heavy atom. The first kappa shape index (κ1) is 14.3. The fourth-order valence-electron chi connectivity index (χ4n) is 2.26. The Morgan fingerprint density at radius 2 is 2.00 bits per heavy atom. The highest BCUT2D eigenvalue weighted by Gasteiger charge is 2.22. The van der Waals surface area contributed by atoms with Gasteiger partial charge in [-0.1, -0.05) is 0 Å². The molecule has 1 aromatic rings. The van der Waals surface area contributed by atoms with Gasteiger partial charge >= 0.3 is 6.09 Å². The Bertz CT molecular complexity index is 471. The lowest BCUT2D eigenvalue weighted by molar-refractivity contribution is 0.105. The third kappa shape index (κ3) is 3.07. The molecule has 0 radical (unpaired) electrons. The molecule has 1 heterocycles. The Hall–Kier alpha value is -2.11. The number of hydrogen-bond acceptors (Lipinski definition) is 5. The van der Waals surface area contributed by atoms with Gasteiger partial charge in [0.15, 0.2) is 0 Å². The second-order valence-corrected chi connectivity index (χ2v) is 4.60. The number of nitrogens with zero attached hydrogens (tertiary/aromatic N) is 2. The number of ether oxygens (including phenoxy) is 2. The summed E-state index contributed by atoms with van der Waals surface area (Å²) in [5, 5.41) is 0. The van der Waals surface area contributed by atoms with Crippen LogP contribution in [0.5, 0.6) is 5.75 Å². The zero-order chi connectivity index (χ0) is 14.5. The van der Waals surface area contributed by atoms with Gasteiger partial charge in [-0.2, -0.15) is 0 Å². The first-order chi connectivity index (χ1) is 9.65. The number of benzene rings is 1. The Kier molecular flexibility index (Phi) is 4.55. The van der Waals surface area contributed by atoms with Gasteiger partial charge in [0, 0.05) is 37.9 Å². The molecular formula is C14H21N3O3. The van der Waals surface area contributed by atoms with Crippen molar-refractivity contribution in [3.8, 4) is 5.75 Å². The molecule has 6 heteroatoms. The summed E-state index contributed by atoms with van der Waals surface area (Å²) in [6, 6.07) is 5.74. The topological polar surface area (TPSA) is 68.0 Å². The van der Waals surface area contributed by atoms with Crippen LogP contribution in [0.4, 0.5) is 16.2 Å². The molecule has 1 aliphatic heterocycles. The molecule has 2 rings (SSSR count). The molecular weight excluding hydrogens is 258 g/mol. The van der Waals surface area contributed by atoms with Gasteiger partial charge in [0.25, 0.3) is 0 Å². The number of carbonyl (C=O) groups excluding carboxylic acids is 1. The van der Waals surface area contributed by atoms with Crippen molar-refractivity contribution in [2.75, 3.05) is 50.5 Å². The van der Waals surface area contributed by atoms with Gasteiger partial charge in [-0.25, -0.2) is 4.79 Å². The van der Waals surface area contributed by atoms with Gasteiger partial charge in [-0.15, -0.1) is 0 Å². The van der Waals surface area contributed by atoms with Crippen molar-refractivity contribution in [1.82, 2.24) is 4.90 Å². The third-order valence-electron chi connectivity index (χ3n) is 3.39. The van der Waals surface area contributed by atoms with Crippen LogP contribution < -0.4 is 15.4 Å². The van der Waals surface area contributed by atoms with Gasteiger partial charge in [0.05, 0.1) is 19.4 Å². The number of nitrogens with two attached hydrogens (primary N) is 1. The van der Waals surface area contributed by atoms with E-state index in [1.54, 1.807) is 12.0 Å². The lowest BCUT2D eigenvalue weighted by atomic mass is 10.2. The summed E-state index contributed by atoms with van der Waals surface area (Å²) in [5.74, 6) is 0.676. The van der Waals surface area contributed by atoms with Crippen LogP contribution in [0.1, 0.15) is 6.92 Å². The van der Waals surface area contributed by atoms with E-state index < -0.39 is 0 Å². The number of amides is 1. The SMILES string of the molecule is CCOC(=O)N1CCN(c2ccc(N)c(OC)c2)CC1. The summed E-state index contributed by atoms with van der Waals surface area (Å²) < 4.78 is 10.2. The Balaban J connectivity index is 1.98. The number of methoxy groups -OCH3 is 1. The summed E-state index contributed by atoms with van der Waals surface area (Å²) in [4.78, 5) is 15.6. The molecule has 1 aromatic carbocycles. The molecule has 1 amide bonds. The Morgan fingerprint density at radius 3 is 2.60 bits per heavy atom. The molecule has 110 valence electrons. The van der Waals surface area contributed by atoms with Crippen LogP contribution in [0.25, 0.3) is 0 Å². The highest BCUT2D eigenvalue weighted by molar-refractivity contribution is 5.68. The van der Waals surface area contributed by atoms with Crippen LogP contribution in [0.15, 0.2) is 18.2 Å². The molecule has 1 fully saturated rings. The van der Waals surface area contributed by atoms with E-state index in [1.807, 2.05) is 25.1 Å². The molecule has 0 unspecified atom stereocenters. The molecule has 0 bridgehead atoms. The number of anilines is 2. The van der Waals surface area contributed by atoms with Gasteiger partial charge in [-0.3, -0.25) is 0 Å². The van der Waals surface area contributed by atoms with Gasteiger partial charge in [0.1, 0.15) is 5.75 Å². The van der Waals surface area contributed by atoms with Crippen molar-refractivity contribution in [1.29, 1.82) is 0 Å². The minimum absolute atomic E-state index is 0.234. The minimum atomic E-state index is -0.234. The van der Waals surface area contributed by atoms with Crippen molar-refractivity contribution in [2.24, 2.45) is 0 Å². The standard InChI is InChI=1S/C14H21N3O3/c1-3-20-14(18)17-8-6-16(7-9-17)11-4-5-12(15)13(10-11)19-2/h4-5,10H,3,6-9,15H2,1-2H3. The summed E-state index contributed by atoms with van der Waals surface area (Å²) >= 11 is 0. The number of rotatable bonds is 3. The molecule has 0 aromatic heterocycles. The molecule has 1 aliphatic rings. The smallest absolute Gasteiger partial charge is 0.409 e. The maximum absolute atomic E-state index is 11.6. The maximum Gasteiger partial charge on any atom is 0.409 e. The van der Waals surface area contributed by atoms with Crippen molar-refractivity contribution in [3.63, 3.8) is 0 Å². The first-order valence-corrected chi connectivity index (χ1v) is 6.76. The average Bonchev–Trinajstić information content (AvgIpc) is 2.48. The van der Waals surface area contributed by atoms with Gasteiger partial charge in [-0.05, 0) is 19.1 Å². The van der Waals surface area contributed by atoms with Gasteiger partial charge in [0.2, 0.25) is 0 Å².